The Labute approximate surface area is 109 Å². The number of hydrogen-bond acceptors (Lipinski definition) is 2. The second-order valence-electron chi connectivity index (χ2n) is 5.04. The van der Waals surface area contributed by atoms with Crippen LogP contribution in [-0.2, 0) is 0 Å². The highest BCUT2D eigenvalue weighted by molar-refractivity contribution is 5.85. The maximum Gasteiger partial charge on any atom is 0.0424 e. The fourth-order valence-corrected chi connectivity index (χ4v) is 2.10. The Morgan fingerprint density at radius 1 is 0.944 bits per heavy atom. The highest BCUT2D eigenvalue weighted by atomic mass is 14.6. The summed E-state index contributed by atoms with van der Waals surface area (Å²) in [7, 11) is 0. The molecule has 2 aromatic carbocycles. The van der Waals surface area contributed by atoms with E-state index in [-0.39, 0.29) is 0 Å². The Balaban J connectivity index is 2.55. The van der Waals surface area contributed by atoms with Crippen molar-refractivity contribution in [2.24, 2.45) is 0 Å². The van der Waals surface area contributed by atoms with Crippen LogP contribution in [0.2, 0.25) is 0 Å². The molecule has 94 valence electrons. The third-order valence-electron chi connectivity index (χ3n) is 3.36. The van der Waals surface area contributed by atoms with Gasteiger partial charge in [-0.2, -0.15) is 0 Å². The molecule has 0 saturated heterocycles. The van der Waals surface area contributed by atoms with Gasteiger partial charge >= 0.3 is 0 Å². The van der Waals surface area contributed by atoms with E-state index in [0.717, 1.165) is 28.1 Å². The van der Waals surface area contributed by atoms with Gasteiger partial charge in [-0.05, 0) is 30.0 Å². The van der Waals surface area contributed by atoms with Gasteiger partial charge in [-0.15, -0.1) is 0 Å². The van der Waals surface area contributed by atoms with Gasteiger partial charge < -0.3 is 11.5 Å². The molecular weight excluding hydrogens is 220 g/mol. The van der Waals surface area contributed by atoms with E-state index in [4.69, 9.17) is 11.5 Å². The Hall–Kier alpha value is -1.96. The molecule has 0 aliphatic heterocycles. The van der Waals surface area contributed by atoms with E-state index < -0.39 is 0 Å². The third kappa shape index (κ3) is 2.19. The van der Waals surface area contributed by atoms with Gasteiger partial charge in [0.15, 0.2) is 0 Å². The predicted octanol–water partition coefficient (Wildman–Crippen LogP) is 3.95. The quantitative estimate of drug-likeness (QED) is 0.781. The van der Waals surface area contributed by atoms with E-state index in [1.54, 1.807) is 0 Å². The van der Waals surface area contributed by atoms with Gasteiger partial charge in [-0.1, -0.05) is 44.2 Å². The summed E-state index contributed by atoms with van der Waals surface area (Å²) in [4.78, 5) is 0. The zero-order valence-corrected chi connectivity index (χ0v) is 11.2. The van der Waals surface area contributed by atoms with Crippen molar-refractivity contribution in [2.45, 2.75) is 26.7 Å². The summed E-state index contributed by atoms with van der Waals surface area (Å²) in [6, 6.07) is 12.3. The molecule has 18 heavy (non-hydrogen) atoms. The lowest BCUT2D eigenvalue weighted by Crippen LogP contribution is -1.98. The maximum absolute atomic E-state index is 6.15. The van der Waals surface area contributed by atoms with Gasteiger partial charge in [0.1, 0.15) is 0 Å². The fraction of sp³-hybridized carbons (Fsp3) is 0.250. The van der Waals surface area contributed by atoms with E-state index in [0.29, 0.717) is 5.92 Å². The summed E-state index contributed by atoms with van der Waals surface area (Å²) < 4.78 is 0. The molecule has 0 unspecified atom stereocenters. The zero-order valence-electron chi connectivity index (χ0n) is 11.2. The minimum atomic E-state index is 0.483. The summed E-state index contributed by atoms with van der Waals surface area (Å²) in [5.74, 6) is 0.483. The van der Waals surface area contributed by atoms with Crippen LogP contribution in [0, 0.1) is 6.92 Å². The molecule has 0 spiro atoms. The smallest absolute Gasteiger partial charge is 0.0424 e. The van der Waals surface area contributed by atoms with Crippen molar-refractivity contribution in [1.29, 1.82) is 0 Å². The topological polar surface area (TPSA) is 52.0 Å². The Morgan fingerprint density at radius 3 is 2.28 bits per heavy atom. The van der Waals surface area contributed by atoms with Gasteiger partial charge in [0, 0.05) is 22.5 Å². The lowest BCUT2D eigenvalue weighted by molar-refractivity contribution is 0.867. The molecule has 0 aliphatic rings. The first-order valence-corrected chi connectivity index (χ1v) is 6.25. The number of rotatable bonds is 2. The summed E-state index contributed by atoms with van der Waals surface area (Å²) in [5.41, 5.74) is 18.2. The molecule has 0 saturated carbocycles. The Morgan fingerprint density at radius 2 is 1.67 bits per heavy atom. The number of para-hydroxylation sites is 1. The number of nitrogen functional groups attached to an aromatic ring is 2. The van der Waals surface area contributed by atoms with Crippen LogP contribution in [0.5, 0.6) is 0 Å². The summed E-state index contributed by atoms with van der Waals surface area (Å²) >= 11 is 0. The molecular formula is C16H20N2. The second-order valence-corrected chi connectivity index (χ2v) is 5.04. The minimum absolute atomic E-state index is 0.483. The normalized spacial score (nSPS) is 10.9. The van der Waals surface area contributed by atoms with Crippen molar-refractivity contribution in [3.8, 4) is 11.1 Å². The number of benzene rings is 2. The van der Waals surface area contributed by atoms with Crippen molar-refractivity contribution in [3.63, 3.8) is 0 Å². The molecule has 2 aromatic rings. The average Bonchev–Trinajstić information content (AvgIpc) is 2.33. The average molecular weight is 240 g/mol. The van der Waals surface area contributed by atoms with Crippen LogP contribution in [0.1, 0.15) is 30.9 Å². The van der Waals surface area contributed by atoms with Gasteiger partial charge in [0.05, 0.1) is 0 Å². The van der Waals surface area contributed by atoms with E-state index >= 15 is 0 Å². The van der Waals surface area contributed by atoms with E-state index in [2.05, 4.69) is 26.0 Å². The lowest BCUT2D eigenvalue weighted by atomic mass is 9.95. The van der Waals surface area contributed by atoms with Crippen molar-refractivity contribution < 1.29 is 0 Å². The van der Waals surface area contributed by atoms with Crippen molar-refractivity contribution >= 4 is 11.4 Å². The first-order valence-electron chi connectivity index (χ1n) is 6.25. The zero-order chi connectivity index (χ0) is 13.3. The maximum atomic E-state index is 6.15. The SMILES string of the molecule is Cc1cccc(-c2ccc(C(C)C)cc2N)c1N. The van der Waals surface area contributed by atoms with Gasteiger partial charge in [-0.25, -0.2) is 0 Å². The Kier molecular flexibility index (Phi) is 3.28. The number of nitrogens with two attached hydrogens (primary N) is 2. The van der Waals surface area contributed by atoms with Crippen LogP contribution < -0.4 is 11.5 Å². The molecule has 2 nitrogen and oxygen atoms in total. The van der Waals surface area contributed by atoms with Crippen LogP contribution in [0.3, 0.4) is 0 Å². The summed E-state index contributed by atoms with van der Waals surface area (Å²) in [6.07, 6.45) is 0. The van der Waals surface area contributed by atoms with Gasteiger partial charge in [0.2, 0.25) is 0 Å². The van der Waals surface area contributed by atoms with Crippen LogP contribution in [0.15, 0.2) is 36.4 Å². The van der Waals surface area contributed by atoms with Crippen LogP contribution in [0.25, 0.3) is 11.1 Å². The summed E-state index contributed by atoms with van der Waals surface area (Å²) in [5, 5.41) is 0. The molecule has 0 bridgehead atoms. The summed E-state index contributed by atoms with van der Waals surface area (Å²) in [6.45, 7) is 6.34. The molecule has 0 aliphatic carbocycles. The highest BCUT2D eigenvalue weighted by Gasteiger charge is 2.09. The monoisotopic (exact) mass is 240 g/mol. The van der Waals surface area contributed by atoms with Gasteiger partial charge in [0.25, 0.3) is 0 Å². The first kappa shape index (κ1) is 12.5. The van der Waals surface area contributed by atoms with Crippen LogP contribution in [0.4, 0.5) is 11.4 Å². The molecule has 0 radical (unpaired) electrons. The molecule has 4 N–H and O–H groups in total. The van der Waals surface area contributed by atoms with Crippen LogP contribution in [-0.4, -0.2) is 0 Å². The van der Waals surface area contributed by atoms with E-state index in [9.17, 15) is 0 Å². The lowest BCUT2D eigenvalue weighted by Gasteiger charge is -2.13. The molecule has 0 atom stereocenters. The molecule has 0 heterocycles. The number of hydrogen-bond donors (Lipinski definition) is 2. The predicted molar refractivity (Wildman–Crippen MR) is 79.5 cm³/mol. The van der Waals surface area contributed by atoms with Crippen molar-refractivity contribution in [1.82, 2.24) is 0 Å². The molecule has 0 amide bonds. The fourth-order valence-electron chi connectivity index (χ4n) is 2.10. The third-order valence-corrected chi connectivity index (χ3v) is 3.36. The molecule has 0 aromatic heterocycles. The number of anilines is 2. The van der Waals surface area contributed by atoms with Crippen LogP contribution >= 0.6 is 0 Å². The molecule has 2 rings (SSSR count). The van der Waals surface area contributed by atoms with Crippen molar-refractivity contribution in [2.75, 3.05) is 11.5 Å². The van der Waals surface area contributed by atoms with Gasteiger partial charge in [-0.3, -0.25) is 0 Å². The van der Waals surface area contributed by atoms with E-state index in [1.165, 1.54) is 5.56 Å². The standard InChI is InChI=1S/C16H20N2/c1-10(2)12-7-8-13(15(17)9-12)14-6-4-5-11(3)16(14)18/h4-10H,17-18H2,1-3H3. The minimum Gasteiger partial charge on any atom is -0.398 e. The second kappa shape index (κ2) is 4.73. The van der Waals surface area contributed by atoms with Crippen molar-refractivity contribution in [3.05, 3.63) is 47.5 Å². The van der Waals surface area contributed by atoms with E-state index in [1.807, 2.05) is 31.2 Å². The highest BCUT2D eigenvalue weighted by Crippen LogP contribution is 2.33. The largest absolute Gasteiger partial charge is 0.398 e. The first-order chi connectivity index (χ1) is 8.50. The number of aryl methyl sites for hydroxylation is 1. The Bertz CT molecular complexity index is 571. The molecule has 2 heteroatoms. The molecule has 0 fully saturated rings.